The summed E-state index contributed by atoms with van der Waals surface area (Å²) in [6.45, 7) is 3.58. The minimum atomic E-state index is -1.07. The van der Waals surface area contributed by atoms with E-state index in [2.05, 4.69) is 14.4 Å². The second-order valence-electron chi connectivity index (χ2n) is 4.19. The summed E-state index contributed by atoms with van der Waals surface area (Å²) in [5.41, 5.74) is 4.70. The summed E-state index contributed by atoms with van der Waals surface area (Å²) in [6, 6.07) is 0. The van der Waals surface area contributed by atoms with Crippen LogP contribution in [0.15, 0.2) is 21.5 Å². The molecule has 0 spiro atoms. The highest BCUT2D eigenvalue weighted by Gasteiger charge is 2.27. The van der Waals surface area contributed by atoms with Crippen LogP contribution in [0.3, 0.4) is 0 Å². The molecule has 7 nitrogen and oxygen atoms in total. The Kier molecular flexibility index (Phi) is 4.43. The van der Waals surface area contributed by atoms with E-state index in [4.69, 9.17) is 5.73 Å². The summed E-state index contributed by atoms with van der Waals surface area (Å²) >= 11 is 0. The number of esters is 1. The van der Waals surface area contributed by atoms with Crippen LogP contribution in [0.4, 0.5) is 0 Å². The predicted octanol–water partition coefficient (Wildman–Crippen LogP) is -0.0186. The molecule has 1 aromatic heterocycles. The largest absolute Gasteiger partial charge is 0.468 e. The van der Waals surface area contributed by atoms with Crippen molar-refractivity contribution in [3.05, 3.63) is 28.5 Å². The summed E-state index contributed by atoms with van der Waals surface area (Å²) in [7, 11) is 1.29. The van der Waals surface area contributed by atoms with Crippen LogP contribution in [-0.4, -0.2) is 28.3 Å². The molecule has 0 fully saturated rings. The molecule has 100 valence electrons. The Morgan fingerprint density at radius 2 is 2.28 bits per heavy atom. The Bertz CT molecular complexity index is 499. The van der Waals surface area contributed by atoms with Gasteiger partial charge in [-0.15, -0.1) is 0 Å². The Labute approximate surface area is 104 Å². The molecule has 1 atom stereocenters. The normalized spacial score (nSPS) is 14.7. The number of hydrogen-bond acceptors (Lipinski definition) is 6. The average molecular weight is 255 g/mol. The summed E-state index contributed by atoms with van der Waals surface area (Å²) in [6.07, 6.45) is 3.76. The molecule has 1 aromatic rings. The molecular weight excluding hydrogens is 238 g/mol. The topological polar surface area (TPSA) is 100 Å². The molecule has 0 unspecified atom stereocenters. The molecular formula is C11H17N3O4. The van der Waals surface area contributed by atoms with Crippen molar-refractivity contribution >= 4 is 5.97 Å². The van der Waals surface area contributed by atoms with E-state index in [0.29, 0.717) is 18.8 Å². The number of hydrogen-bond donors (Lipinski definition) is 1. The zero-order valence-corrected chi connectivity index (χ0v) is 10.7. The second kappa shape index (κ2) is 5.63. The van der Waals surface area contributed by atoms with Crippen LogP contribution in [0.1, 0.15) is 19.2 Å². The third kappa shape index (κ3) is 3.30. The first-order valence-electron chi connectivity index (χ1n) is 5.44. The lowest BCUT2D eigenvalue weighted by Crippen LogP contribution is -2.45. The minimum absolute atomic E-state index is 0.318. The van der Waals surface area contributed by atoms with E-state index in [1.807, 2.05) is 0 Å². The number of carbonyl (C=O) groups is 1. The van der Waals surface area contributed by atoms with Gasteiger partial charge in [0.2, 0.25) is 0 Å². The Morgan fingerprint density at radius 3 is 2.78 bits per heavy atom. The quantitative estimate of drug-likeness (QED) is 0.586. The zero-order valence-electron chi connectivity index (χ0n) is 10.7. The highest BCUT2D eigenvalue weighted by molar-refractivity contribution is 5.80. The lowest BCUT2D eigenvalue weighted by Gasteiger charge is -2.19. The summed E-state index contributed by atoms with van der Waals surface area (Å²) in [5.74, 6) is -0.501. The van der Waals surface area contributed by atoms with E-state index >= 15 is 0 Å². The number of aromatic nitrogens is 2. The van der Waals surface area contributed by atoms with E-state index < -0.39 is 17.3 Å². The first kappa shape index (κ1) is 14.2. The number of methoxy groups -OCH3 is 1. The van der Waals surface area contributed by atoms with Crippen molar-refractivity contribution < 1.29 is 14.1 Å². The van der Waals surface area contributed by atoms with E-state index in [1.54, 1.807) is 26.0 Å². The summed E-state index contributed by atoms with van der Waals surface area (Å²) < 4.78 is 10.4. The molecule has 18 heavy (non-hydrogen) atoms. The van der Waals surface area contributed by atoms with Crippen LogP contribution in [0, 0.1) is 6.92 Å². The number of ether oxygens (including phenoxy) is 1. The van der Waals surface area contributed by atoms with Crippen molar-refractivity contribution in [2.45, 2.75) is 32.4 Å². The predicted molar refractivity (Wildman–Crippen MR) is 63.9 cm³/mol. The van der Waals surface area contributed by atoms with Gasteiger partial charge in [0.05, 0.1) is 7.11 Å². The third-order valence-corrected chi connectivity index (χ3v) is 2.52. The zero-order chi connectivity index (χ0) is 13.8. The number of carbonyl (C=O) groups excluding carboxylic acids is 1. The van der Waals surface area contributed by atoms with Gasteiger partial charge in [-0.2, -0.15) is 0 Å². The van der Waals surface area contributed by atoms with Crippen molar-refractivity contribution in [2.75, 3.05) is 7.11 Å². The van der Waals surface area contributed by atoms with E-state index in [0.717, 1.165) is 0 Å². The fraction of sp³-hybridized carbons (Fsp3) is 0.545. The van der Waals surface area contributed by atoms with Crippen molar-refractivity contribution in [3.63, 3.8) is 0 Å². The van der Waals surface area contributed by atoms with Gasteiger partial charge >= 0.3 is 11.7 Å². The number of allylic oxidation sites excluding steroid dienone is 1. The standard InChI is InChI=1S/C11H17N3O4/c1-8-13-18-10(16)14(8)7-5-4-6-11(2,12)9(15)17-3/h4-5H,6-7,12H2,1-3H3/t11-/m0/s1. The van der Waals surface area contributed by atoms with Gasteiger partial charge in [0.25, 0.3) is 0 Å². The molecule has 1 heterocycles. The smallest absolute Gasteiger partial charge is 0.441 e. The monoisotopic (exact) mass is 255 g/mol. The van der Waals surface area contributed by atoms with E-state index in [-0.39, 0.29) is 0 Å². The van der Waals surface area contributed by atoms with Crippen molar-refractivity contribution in [1.29, 1.82) is 0 Å². The maximum absolute atomic E-state index is 11.3. The Hall–Kier alpha value is -1.89. The van der Waals surface area contributed by atoms with Gasteiger partial charge in [0.15, 0.2) is 5.82 Å². The van der Waals surface area contributed by atoms with Gasteiger partial charge in [-0.05, 0) is 20.3 Å². The van der Waals surface area contributed by atoms with Gasteiger partial charge in [-0.3, -0.25) is 13.9 Å². The van der Waals surface area contributed by atoms with Crippen LogP contribution in [0.25, 0.3) is 0 Å². The maximum Gasteiger partial charge on any atom is 0.441 e. The fourth-order valence-corrected chi connectivity index (χ4v) is 1.37. The molecule has 0 bridgehead atoms. The third-order valence-electron chi connectivity index (χ3n) is 2.52. The number of aryl methyl sites for hydroxylation is 1. The molecule has 0 radical (unpaired) electrons. The van der Waals surface area contributed by atoms with Crippen molar-refractivity contribution in [3.8, 4) is 0 Å². The second-order valence-corrected chi connectivity index (χ2v) is 4.19. The molecule has 0 aromatic carbocycles. The average Bonchev–Trinajstić information content (AvgIpc) is 2.64. The van der Waals surface area contributed by atoms with Gasteiger partial charge in [-0.25, -0.2) is 4.79 Å². The highest BCUT2D eigenvalue weighted by atomic mass is 16.5. The van der Waals surface area contributed by atoms with Crippen LogP contribution < -0.4 is 11.5 Å². The lowest BCUT2D eigenvalue weighted by atomic mass is 9.99. The van der Waals surface area contributed by atoms with Gasteiger partial charge in [-0.1, -0.05) is 17.3 Å². The number of nitrogens with two attached hydrogens (primary N) is 1. The number of nitrogens with zero attached hydrogens (tertiary/aromatic N) is 2. The molecule has 7 heteroatoms. The summed E-state index contributed by atoms with van der Waals surface area (Å²) in [5, 5.41) is 3.53. The van der Waals surface area contributed by atoms with Crippen LogP contribution in [0.5, 0.6) is 0 Å². The molecule has 2 N–H and O–H groups in total. The molecule has 1 rings (SSSR count). The summed E-state index contributed by atoms with van der Waals surface area (Å²) in [4.78, 5) is 22.5. The highest BCUT2D eigenvalue weighted by Crippen LogP contribution is 2.08. The van der Waals surface area contributed by atoms with E-state index in [9.17, 15) is 9.59 Å². The van der Waals surface area contributed by atoms with E-state index in [1.165, 1.54) is 11.7 Å². The molecule has 0 saturated carbocycles. The van der Waals surface area contributed by atoms with Crippen LogP contribution >= 0.6 is 0 Å². The molecule has 0 aliphatic rings. The van der Waals surface area contributed by atoms with Gasteiger partial charge < -0.3 is 10.5 Å². The number of rotatable bonds is 5. The maximum atomic E-state index is 11.3. The molecule has 0 aliphatic heterocycles. The first-order chi connectivity index (χ1) is 8.38. The molecule has 0 amide bonds. The van der Waals surface area contributed by atoms with Crippen LogP contribution in [0.2, 0.25) is 0 Å². The lowest BCUT2D eigenvalue weighted by molar-refractivity contribution is -0.146. The SMILES string of the molecule is COC(=O)[C@@](C)(N)CC=CCn1c(C)noc1=O. The molecule has 0 aliphatic carbocycles. The van der Waals surface area contributed by atoms with Gasteiger partial charge in [0.1, 0.15) is 5.54 Å². The Balaban J connectivity index is 2.58. The fourth-order valence-electron chi connectivity index (χ4n) is 1.37. The minimum Gasteiger partial charge on any atom is -0.468 e. The Morgan fingerprint density at radius 1 is 1.61 bits per heavy atom. The van der Waals surface area contributed by atoms with Crippen molar-refractivity contribution in [2.24, 2.45) is 5.73 Å². The van der Waals surface area contributed by atoms with Crippen molar-refractivity contribution in [1.82, 2.24) is 9.72 Å². The van der Waals surface area contributed by atoms with Gasteiger partial charge in [0, 0.05) is 6.54 Å². The first-order valence-corrected chi connectivity index (χ1v) is 5.44. The van der Waals surface area contributed by atoms with Crippen LogP contribution in [-0.2, 0) is 16.1 Å². The molecule has 0 saturated heterocycles.